The third-order valence-corrected chi connectivity index (χ3v) is 5.15. The van der Waals surface area contributed by atoms with Gasteiger partial charge in [-0.3, -0.25) is 14.0 Å². The van der Waals surface area contributed by atoms with Crippen molar-refractivity contribution in [3.8, 4) is 0 Å². The molecule has 1 aromatic carbocycles. The molecule has 0 saturated carbocycles. The number of hydrogen-bond donors (Lipinski definition) is 1. The van der Waals surface area contributed by atoms with Crippen LogP contribution in [0.25, 0.3) is 11.0 Å². The average molecular weight is 378 g/mol. The number of imidazole rings is 1. The summed E-state index contributed by atoms with van der Waals surface area (Å²) in [6, 6.07) is 5.65. The standard InChI is InChI=1S/C18H19N3O2S.ClH/c1-10-5-12(3)17(19-8-10)9-24(23)18-20-15-6-11(2)14(13(4)22)7-16(15)21-18;/h5-8H,9H2,1-4H3,(H,20,21);1H. The molecule has 132 valence electrons. The fourth-order valence-corrected chi connectivity index (χ4v) is 3.83. The van der Waals surface area contributed by atoms with E-state index < -0.39 is 10.8 Å². The van der Waals surface area contributed by atoms with Gasteiger partial charge < -0.3 is 4.98 Å². The number of H-pyrrole nitrogens is 1. The lowest BCUT2D eigenvalue weighted by Crippen LogP contribution is -2.03. The zero-order chi connectivity index (χ0) is 17.4. The van der Waals surface area contributed by atoms with Gasteiger partial charge in [-0.1, -0.05) is 6.07 Å². The Bertz CT molecular complexity index is 982. The molecule has 0 aliphatic carbocycles. The molecule has 0 bridgehead atoms. The van der Waals surface area contributed by atoms with Gasteiger partial charge in [-0.2, -0.15) is 0 Å². The van der Waals surface area contributed by atoms with Crippen LogP contribution in [-0.2, 0) is 16.6 Å². The van der Waals surface area contributed by atoms with Crippen molar-refractivity contribution < 1.29 is 9.00 Å². The van der Waals surface area contributed by atoms with Crippen LogP contribution in [0, 0.1) is 20.8 Å². The molecule has 0 saturated heterocycles. The first-order valence-corrected chi connectivity index (χ1v) is 8.99. The van der Waals surface area contributed by atoms with E-state index in [1.54, 1.807) is 12.3 Å². The van der Waals surface area contributed by atoms with E-state index in [2.05, 4.69) is 15.0 Å². The third kappa shape index (κ3) is 3.96. The molecule has 3 rings (SSSR count). The molecule has 0 amide bonds. The van der Waals surface area contributed by atoms with Gasteiger partial charge in [0.15, 0.2) is 10.9 Å². The number of nitrogens with zero attached hydrogens (tertiary/aromatic N) is 2. The monoisotopic (exact) mass is 377 g/mol. The third-order valence-electron chi connectivity index (χ3n) is 3.99. The summed E-state index contributed by atoms with van der Waals surface area (Å²) in [5, 5.41) is 0.409. The van der Waals surface area contributed by atoms with Crippen molar-refractivity contribution in [2.45, 2.75) is 38.6 Å². The summed E-state index contributed by atoms with van der Waals surface area (Å²) in [6.07, 6.45) is 1.78. The molecule has 2 aromatic heterocycles. The highest BCUT2D eigenvalue weighted by Crippen LogP contribution is 2.21. The predicted octanol–water partition coefficient (Wildman–Crippen LogP) is 3.82. The van der Waals surface area contributed by atoms with E-state index >= 15 is 0 Å². The highest BCUT2D eigenvalue weighted by Gasteiger charge is 2.15. The summed E-state index contributed by atoms with van der Waals surface area (Å²) in [4.78, 5) is 23.5. The number of Topliss-reactive ketones (excluding diaryl/α,β-unsaturated/α-hetero) is 1. The van der Waals surface area contributed by atoms with Gasteiger partial charge in [-0.15, -0.1) is 12.4 Å². The van der Waals surface area contributed by atoms with Crippen LogP contribution < -0.4 is 0 Å². The first-order chi connectivity index (χ1) is 11.3. The van der Waals surface area contributed by atoms with Gasteiger partial charge in [-0.05, 0) is 56.5 Å². The molecule has 0 radical (unpaired) electrons. The molecule has 1 atom stereocenters. The van der Waals surface area contributed by atoms with Crippen LogP contribution >= 0.6 is 12.4 Å². The maximum atomic E-state index is 12.6. The minimum Gasteiger partial charge on any atom is -0.331 e. The molecule has 3 aromatic rings. The van der Waals surface area contributed by atoms with Crippen LogP contribution in [-0.4, -0.2) is 24.9 Å². The SMILES string of the molecule is CC(=O)c1cc2nc(S(=O)Cc3ncc(C)cc3C)[nH]c2cc1C.Cl. The predicted molar refractivity (Wildman–Crippen MR) is 102 cm³/mol. The van der Waals surface area contributed by atoms with Crippen molar-refractivity contribution in [1.29, 1.82) is 0 Å². The summed E-state index contributed by atoms with van der Waals surface area (Å²) in [7, 11) is -1.32. The molecular weight excluding hydrogens is 358 g/mol. The van der Waals surface area contributed by atoms with Crippen molar-refractivity contribution in [2.24, 2.45) is 0 Å². The molecule has 25 heavy (non-hydrogen) atoms. The maximum Gasteiger partial charge on any atom is 0.197 e. The number of aromatic nitrogens is 3. The lowest BCUT2D eigenvalue weighted by atomic mass is 10.0. The van der Waals surface area contributed by atoms with Gasteiger partial charge >= 0.3 is 0 Å². The van der Waals surface area contributed by atoms with Gasteiger partial charge in [0.2, 0.25) is 0 Å². The molecule has 1 N–H and O–H groups in total. The van der Waals surface area contributed by atoms with E-state index in [1.807, 2.05) is 32.9 Å². The Morgan fingerprint density at radius 3 is 2.52 bits per heavy atom. The van der Waals surface area contributed by atoms with Crippen LogP contribution in [0.1, 0.15) is 39.7 Å². The Kier molecular flexibility index (Phi) is 5.75. The second-order valence-corrected chi connectivity index (χ2v) is 7.41. The first kappa shape index (κ1) is 19.3. The molecule has 7 heteroatoms. The molecule has 0 fully saturated rings. The van der Waals surface area contributed by atoms with Gasteiger partial charge in [-0.25, -0.2) is 4.98 Å². The summed E-state index contributed by atoms with van der Waals surface area (Å²) < 4.78 is 12.6. The topological polar surface area (TPSA) is 75.7 Å². The Morgan fingerprint density at radius 2 is 1.88 bits per heavy atom. The van der Waals surface area contributed by atoms with Crippen LogP contribution in [0.15, 0.2) is 29.6 Å². The number of halogens is 1. The van der Waals surface area contributed by atoms with E-state index in [0.717, 1.165) is 27.9 Å². The summed E-state index contributed by atoms with van der Waals surface area (Å²) >= 11 is 0. The van der Waals surface area contributed by atoms with Crippen molar-refractivity contribution in [3.05, 3.63) is 52.3 Å². The number of aromatic amines is 1. The summed E-state index contributed by atoms with van der Waals surface area (Å²) in [6.45, 7) is 7.36. The van der Waals surface area contributed by atoms with Crippen LogP contribution in [0.2, 0.25) is 0 Å². The zero-order valence-electron chi connectivity index (χ0n) is 14.5. The first-order valence-electron chi connectivity index (χ1n) is 7.67. The molecule has 2 heterocycles. The summed E-state index contributed by atoms with van der Waals surface area (Å²) in [5.74, 6) is 0.310. The second kappa shape index (κ2) is 7.45. The highest BCUT2D eigenvalue weighted by atomic mass is 35.5. The van der Waals surface area contributed by atoms with Crippen molar-refractivity contribution in [2.75, 3.05) is 0 Å². The number of carbonyl (C=O) groups is 1. The fourth-order valence-electron chi connectivity index (χ4n) is 2.72. The number of benzene rings is 1. The zero-order valence-corrected chi connectivity index (χ0v) is 16.2. The largest absolute Gasteiger partial charge is 0.331 e. The lowest BCUT2D eigenvalue weighted by Gasteiger charge is -2.04. The molecule has 0 aliphatic heterocycles. The molecule has 1 unspecified atom stereocenters. The van der Waals surface area contributed by atoms with Crippen molar-refractivity contribution >= 4 is 40.0 Å². The number of hydrogen-bond acceptors (Lipinski definition) is 4. The van der Waals surface area contributed by atoms with E-state index in [1.165, 1.54) is 6.92 Å². The number of rotatable bonds is 4. The van der Waals surface area contributed by atoms with Crippen molar-refractivity contribution in [3.63, 3.8) is 0 Å². The second-order valence-electron chi connectivity index (χ2n) is 6.05. The minimum absolute atomic E-state index is 0. The van der Waals surface area contributed by atoms with Crippen LogP contribution in [0.4, 0.5) is 0 Å². The van der Waals surface area contributed by atoms with Crippen LogP contribution in [0.3, 0.4) is 0 Å². The van der Waals surface area contributed by atoms with Gasteiger partial charge in [0.05, 0.1) is 33.3 Å². The molecule has 0 aliphatic rings. The van der Waals surface area contributed by atoms with Crippen molar-refractivity contribution in [1.82, 2.24) is 15.0 Å². The molecule has 0 spiro atoms. The van der Waals surface area contributed by atoms with Crippen LogP contribution in [0.5, 0.6) is 0 Å². The number of carbonyl (C=O) groups excluding carboxylic acids is 1. The fraction of sp³-hybridized carbons (Fsp3) is 0.278. The average Bonchev–Trinajstić information content (AvgIpc) is 2.91. The quantitative estimate of drug-likeness (QED) is 0.701. The Labute approximate surface area is 155 Å². The molecule has 5 nitrogen and oxygen atoms in total. The van der Waals surface area contributed by atoms with Gasteiger partial charge in [0.1, 0.15) is 0 Å². The number of pyridine rings is 1. The van der Waals surface area contributed by atoms with Gasteiger partial charge in [0, 0.05) is 11.8 Å². The van der Waals surface area contributed by atoms with E-state index in [-0.39, 0.29) is 18.2 Å². The Morgan fingerprint density at radius 1 is 1.16 bits per heavy atom. The highest BCUT2D eigenvalue weighted by molar-refractivity contribution is 7.84. The number of aryl methyl sites for hydroxylation is 3. The maximum absolute atomic E-state index is 12.6. The number of nitrogens with one attached hydrogen (secondary N) is 1. The Balaban J connectivity index is 0.00000225. The smallest absolute Gasteiger partial charge is 0.197 e. The molecular formula is C18H20ClN3O2S. The normalized spacial score (nSPS) is 12.0. The van der Waals surface area contributed by atoms with Gasteiger partial charge in [0.25, 0.3) is 0 Å². The summed E-state index contributed by atoms with van der Waals surface area (Å²) in [5.41, 5.74) is 5.87. The lowest BCUT2D eigenvalue weighted by molar-refractivity contribution is 0.101. The Hall–Kier alpha value is -2.05. The minimum atomic E-state index is -1.32. The van der Waals surface area contributed by atoms with E-state index in [4.69, 9.17) is 0 Å². The number of fused-ring (bicyclic) bond motifs is 1. The van der Waals surface area contributed by atoms with E-state index in [9.17, 15) is 9.00 Å². The van der Waals surface area contributed by atoms with E-state index in [0.29, 0.717) is 22.0 Å². The number of ketones is 1.